The van der Waals surface area contributed by atoms with Gasteiger partial charge in [0.1, 0.15) is 12.4 Å². The van der Waals surface area contributed by atoms with Gasteiger partial charge in [-0.1, -0.05) is 28.1 Å². The first kappa shape index (κ1) is 25.2. The number of nitro groups is 1. The third kappa shape index (κ3) is 6.33. The molecule has 0 saturated heterocycles. The Hall–Kier alpha value is -3.44. The molecular weight excluding hydrogens is 574 g/mol. The molecule has 0 spiro atoms. The number of ether oxygens (including phenoxy) is 3. The maximum Gasteiger partial charge on any atom is 0.275 e. The summed E-state index contributed by atoms with van der Waals surface area (Å²) in [5.41, 5.74) is 3.71. The van der Waals surface area contributed by atoms with E-state index in [1.807, 2.05) is 24.3 Å². The molecule has 0 unspecified atom stereocenters. The topological polar surface area (TPSA) is 112 Å². The van der Waals surface area contributed by atoms with Crippen LogP contribution in [0, 0.1) is 10.1 Å². The molecule has 34 heavy (non-hydrogen) atoms. The molecule has 0 aliphatic carbocycles. The van der Waals surface area contributed by atoms with Crippen molar-refractivity contribution in [3.8, 4) is 17.2 Å². The highest BCUT2D eigenvalue weighted by Gasteiger charge is 2.17. The Morgan fingerprint density at radius 1 is 1.06 bits per heavy atom. The van der Waals surface area contributed by atoms with Crippen molar-refractivity contribution >= 4 is 49.7 Å². The van der Waals surface area contributed by atoms with Crippen LogP contribution in [0.3, 0.4) is 0 Å². The van der Waals surface area contributed by atoms with Gasteiger partial charge in [-0.3, -0.25) is 14.9 Å². The third-order valence-electron chi connectivity index (χ3n) is 4.57. The van der Waals surface area contributed by atoms with Gasteiger partial charge in [0.2, 0.25) is 0 Å². The molecule has 0 heterocycles. The average molecular weight is 593 g/mol. The summed E-state index contributed by atoms with van der Waals surface area (Å²) in [7, 11) is 2.89. The van der Waals surface area contributed by atoms with E-state index in [1.165, 1.54) is 32.6 Å². The van der Waals surface area contributed by atoms with Gasteiger partial charge in [-0.15, -0.1) is 0 Å². The quantitative estimate of drug-likeness (QED) is 0.200. The molecule has 9 nitrogen and oxygen atoms in total. The summed E-state index contributed by atoms with van der Waals surface area (Å²) >= 11 is 6.88. The van der Waals surface area contributed by atoms with Crippen molar-refractivity contribution in [2.45, 2.75) is 6.61 Å². The first-order chi connectivity index (χ1) is 16.3. The summed E-state index contributed by atoms with van der Waals surface area (Å²) in [6.45, 7) is 0.344. The summed E-state index contributed by atoms with van der Waals surface area (Å²) in [6, 6.07) is 14.9. The van der Waals surface area contributed by atoms with Crippen molar-refractivity contribution in [3.63, 3.8) is 0 Å². The number of nitrogens with one attached hydrogen (secondary N) is 1. The Balaban J connectivity index is 1.73. The van der Waals surface area contributed by atoms with E-state index in [0.717, 1.165) is 16.1 Å². The lowest BCUT2D eigenvalue weighted by Crippen LogP contribution is -2.18. The first-order valence-corrected chi connectivity index (χ1v) is 11.3. The Kier molecular flexibility index (Phi) is 8.61. The Morgan fingerprint density at radius 3 is 2.41 bits per heavy atom. The summed E-state index contributed by atoms with van der Waals surface area (Å²) in [5, 5.41) is 15.0. The fraction of sp³-hybridized carbons (Fsp3) is 0.130. The molecule has 3 aromatic carbocycles. The monoisotopic (exact) mass is 591 g/mol. The first-order valence-electron chi connectivity index (χ1n) is 9.73. The fourth-order valence-electron chi connectivity index (χ4n) is 2.90. The SMILES string of the molecule is COc1ccc([N+](=O)[O-])cc1C(=O)N/N=C\c1cc(Br)c(OCc2ccc(Br)cc2)c(OC)c1. The van der Waals surface area contributed by atoms with Gasteiger partial charge < -0.3 is 14.2 Å². The third-order valence-corrected chi connectivity index (χ3v) is 5.68. The van der Waals surface area contributed by atoms with Crippen molar-refractivity contribution in [1.82, 2.24) is 5.43 Å². The molecule has 0 aliphatic rings. The highest BCUT2D eigenvalue weighted by Crippen LogP contribution is 2.37. The minimum atomic E-state index is -0.655. The Labute approximate surface area is 212 Å². The molecule has 0 fully saturated rings. The van der Waals surface area contributed by atoms with Gasteiger partial charge in [0.25, 0.3) is 11.6 Å². The number of nitro benzene ring substituents is 1. The fourth-order valence-corrected chi connectivity index (χ4v) is 3.74. The predicted octanol–water partition coefficient (Wildman–Crippen LogP) is 5.48. The molecular formula is C23H19Br2N3O6. The molecule has 0 aliphatic heterocycles. The maximum atomic E-state index is 12.5. The van der Waals surface area contributed by atoms with Crippen LogP contribution in [-0.4, -0.2) is 31.3 Å². The predicted molar refractivity (Wildman–Crippen MR) is 134 cm³/mol. The van der Waals surface area contributed by atoms with E-state index in [0.29, 0.717) is 28.1 Å². The van der Waals surface area contributed by atoms with Crippen LogP contribution in [0.2, 0.25) is 0 Å². The number of halogens is 2. The number of hydrogen-bond donors (Lipinski definition) is 1. The van der Waals surface area contributed by atoms with Gasteiger partial charge in [-0.25, -0.2) is 5.43 Å². The molecule has 3 aromatic rings. The van der Waals surface area contributed by atoms with Gasteiger partial charge in [0.05, 0.1) is 35.4 Å². The standard InChI is InChI=1S/C23H19Br2N3O6/c1-32-20-8-7-17(28(30)31)11-18(20)23(29)27-26-12-15-9-19(25)22(21(10-15)33-2)34-13-14-3-5-16(24)6-4-14/h3-12H,13H2,1-2H3,(H,27,29)/b26-12-. The number of amides is 1. The van der Waals surface area contributed by atoms with E-state index in [-0.39, 0.29) is 17.0 Å². The molecule has 11 heteroatoms. The lowest BCUT2D eigenvalue weighted by molar-refractivity contribution is -0.384. The number of benzene rings is 3. The van der Waals surface area contributed by atoms with E-state index in [9.17, 15) is 14.9 Å². The van der Waals surface area contributed by atoms with Gasteiger partial charge in [-0.05, 0) is 57.4 Å². The van der Waals surface area contributed by atoms with Crippen LogP contribution in [-0.2, 0) is 6.61 Å². The summed E-state index contributed by atoms with van der Waals surface area (Å²) < 4.78 is 18.1. The normalized spacial score (nSPS) is 10.7. The van der Waals surface area contributed by atoms with E-state index >= 15 is 0 Å². The zero-order valence-electron chi connectivity index (χ0n) is 18.1. The smallest absolute Gasteiger partial charge is 0.275 e. The van der Waals surface area contributed by atoms with Crippen molar-refractivity contribution in [3.05, 3.63) is 90.3 Å². The molecule has 1 N–H and O–H groups in total. The largest absolute Gasteiger partial charge is 0.496 e. The van der Waals surface area contributed by atoms with Crippen LogP contribution in [0.1, 0.15) is 21.5 Å². The number of nitrogens with zero attached hydrogens (tertiary/aromatic N) is 2. The highest BCUT2D eigenvalue weighted by molar-refractivity contribution is 9.10. The number of hydrazone groups is 1. The number of non-ortho nitro benzene ring substituents is 1. The second kappa shape index (κ2) is 11.6. The highest BCUT2D eigenvalue weighted by atomic mass is 79.9. The maximum absolute atomic E-state index is 12.5. The van der Waals surface area contributed by atoms with E-state index in [2.05, 4.69) is 42.4 Å². The molecule has 1 amide bonds. The summed E-state index contributed by atoms with van der Waals surface area (Å²) in [6.07, 6.45) is 1.41. The minimum Gasteiger partial charge on any atom is -0.496 e. The molecule has 176 valence electrons. The molecule has 0 radical (unpaired) electrons. The van der Waals surface area contributed by atoms with Gasteiger partial charge in [0, 0.05) is 16.6 Å². The Morgan fingerprint density at radius 2 is 1.76 bits per heavy atom. The number of hydrogen-bond acceptors (Lipinski definition) is 7. The summed E-state index contributed by atoms with van der Waals surface area (Å²) in [4.78, 5) is 22.9. The van der Waals surface area contributed by atoms with Crippen molar-refractivity contribution in [2.75, 3.05) is 14.2 Å². The van der Waals surface area contributed by atoms with Crippen LogP contribution in [0.15, 0.2) is 68.6 Å². The molecule has 3 rings (SSSR count). The zero-order valence-corrected chi connectivity index (χ0v) is 21.3. The molecule has 0 atom stereocenters. The number of rotatable bonds is 9. The second-order valence-corrected chi connectivity index (χ2v) is 8.56. The Bertz CT molecular complexity index is 1230. The molecule has 0 aromatic heterocycles. The van der Waals surface area contributed by atoms with Crippen LogP contribution in [0.4, 0.5) is 5.69 Å². The zero-order chi connectivity index (χ0) is 24.7. The van der Waals surface area contributed by atoms with Crippen LogP contribution < -0.4 is 19.6 Å². The molecule has 0 bridgehead atoms. The van der Waals surface area contributed by atoms with Gasteiger partial charge in [0.15, 0.2) is 11.5 Å². The van der Waals surface area contributed by atoms with E-state index in [4.69, 9.17) is 14.2 Å². The number of carbonyl (C=O) groups is 1. The lowest BCUT2D eigenvalue weighted by Gasteiger charge is -2.13. The van der Waals surface area contributed by atoms with Crippen molar-refractivity contribution in [2.24, 2.45) is 5.10 Å². The van der Waals surface area contributed by atoms with E-state index in [1.54, 1.807) is 12.1 Å². The van der Waals surface area contributed by atoms with Crippen molar-refractivity contribution in [1.29, 1.82) is 0 Å². The summed E-state index contributed by atoms with van der Waals surface area (Å²) in [5.74, 6) is 0.528. The van der Waals surface area contributed by atoms with Crippen LogP contribution >= 0.6 is 31.9 Å². The molecule has 0 saturated carbocycles. The minimum absolute atomic E-state index is 0.00991. The van der Waals surface area contributed by atoms with Crippen LogP contribution in [0.25, 0.3) is 0 Å². The number of carbonyl (C=O) groups excluding carboxylic acids is 1. The van der Waals surface area contributed by atoms with Crippen LogP contribution in [0.5, 0.6) is 17.2 Å². The van der Waals surface area contributed by atoms with Gasteiger partial charge in [-0.2, -0.15) is 5.10 Å². The lowest BCUT2D eigenvalue weighted by atomic mass is 10.1. The van der Waals surface area contributed by atoms with Crippen molar-refractivity contribution < 1.29 is 23.9 Å². The number of methoxy groups -OCH3 is 2. The van der Waals surface area contributed by atoms with E-state index < -0.39 is 10.8 Å². The van der Waals surface area contributed by atoms with Gasteiger partial charge >= 0.3 is 0 Å². The second-order valence-electron chi connectivity index (χ2n) is 6.79. The average Bonchev–Trinajstić information content (AvgIpc) is 2.83.